The number of carbonyl (C=O) groups excluding carboxylic acids is 1. The topological polar surface area (TPSA) is 60.2 Å². The highest BCUT2D eigenvalue weighted by Crippen LogP contribution is 2.00. The van der Waals surface area contributed by atoms with Gasteiger partial charge in [0.15, 0.2) is 0 Å². The summed E-state index contributed by atoms with van der Waals surface area (Å²) in [5, 5.41) is 4.10. The van der Waals surface area contributed by atoms with Gasteiger partial charge in [0, 0.05) is 13.1 Å². The molecule has 0 N–H and O–H groups in total. The predicted octanol–water partition coefficient (Wildman–Crippen LogP) is 0.683. The van der Waals surface area contributed by atoms with Crippen LogP contribution in [0.4, 0.5) is 0 Å². The second-order valence-corrected chi connectivity index (χ2v) is 3.78. The Balaban J connectivity index is 2.34. The van der Waals surface area contributed by atoms with Gasteiger partial charge < -0.3 is 4.74 Å². The zero-order valence-corrected chi connectivity index (χ0v) is 10.7. The molecule has 6 nitrogen and oxygen atoms in total. The Morgan fingerprint density at radius 2 is 2.29 bits per heavy atom. The molecule has 0 amide bonds. The number of nitrogens with zero attached hydrogens (tertiary/aromatic N) is 4. The van der Waals surface area contributed by atoms with E-state index < -0.39 is 0 Å². The van der Waals surface area contributed by atoms with E-state index in [1.807, 2.05) is 30.5 Å². The van der Waals surface area contributed by atoms with Crippen LogP contribution in [0.15, 0.2) is 6.33 Å². The van der Waals surface area contributed by atoms with Crippen LogP contribution in [0.5, 0.6) is 0 Å². The Morgan fingerprint density at radius 1 is 1.53 bits per heavy atom. The van der Waals surface area contributed by atoms with E-state index in [4.69, 9.17) is 4.74 Å². The van der Waals surface area contributed by atoms with Crippen LogP contribution in [-0.2, 0) is 22.6 Å². The van der Waals surface area contributed by atoms with Crippen molar-refractivity contribution in [3.8, 4) is 0 Å². The number of hydrogen-bond donors (Lipinski definition) is 0. The van der Waals surface area contributed by atoms with E-state index in [1.165, 1.54) is 0 Å². The molecule has 0 atom stereocenters. The number of aryl methyl sites for hydroxylation is 1. The van der Waals surface area contributed by atoms with Gasteiger partial charge >= 0.3 is 5.97 Å². The van der Waals surface area contributed by atoms with Crippen LogP contribution in [0.3, 0.4) is 0 Å². The third kappa shape index (κ3) is 4.52. The van der Waals surface area contributed by atoms with Gasteiger partial charge in [-0.05, 0) is 20.9 Å². The molecular weight excluding hydrogens is 220 g/mol. The van der Waals surface area contributed by atoms with Gasteiger partial charge in [0.25, 0.3) is 0 Å². The molecule has 1 aromatic rings. The van der Waals surface area contributed by atoms with Gasteiger partial charge in [-0.15, -0.1) is 0 Å². The van der Waals surface area contributed by atoms with Gasteiger partial charge in [0.05, 0.1) is 19.6 Å². The number of rotatable bonds is 7. The van der Waals surface area contributed by atoms with Crippen molar-refractivity contribution >= 4 is 5.97 Å². The van der Waals surface area contributed by atoms with E-state index in [1.54, 1.807) is 6.33 Å². The van der Waals surface area contributed by atoms with Crippen LogP contribution < -0.4 is 0 Å². The van der Waals surface area contributed by atoms with E-state index in [0.717, 1.165) is 12.4 Å². The quantitative estimate of drug-likeness (QED) is 0.656. The van der Waals surface area contributed by atoms with Gasteiger partial charge in [-0.1, -0.05) is 0 Å². The summed E-state index contributed by atoms with van der Waals surface area (Å²) in [6.45, 7) is 6.43. The van der Waals surface area contributed by atoms with E-state index in [9.17, 15) is 4.79 Å². The molecule has 1 aromatic heterocycles. The normalized spacial score (nSPS) is 10.8. The average Bonchev–Trinajstić information content (AvgIpc) is 2.74. The van der Waals surface area contributed by atoms with Crippen LogP contribution in [0.1, 0.15) is 26.1 Å². The van der Waals surface area contributed by atoms with E-state index >= 15 is 0 Å². The standard InChI is InChI=1S/C11H20N4O2/c1-4-15-10(12-9-13-15)8-14(3)7-6-11(16)17-5-2/h9H,4-8H2,1-3H3. The Morgan fingerprint density at radius 3 is 2.94 bits per heavy atom. The average molecular weight is 240 g/mol. The highest BCUT2D eigenvalue weighted by Gasteiger charge is 2.09. The molecule has 0 saturated carbocycles. The Labute approximate surface area is 102 Å². The molecule has 0 bridgehead atoms. The number of carbonyl (C=O) groups is 1. The number of aromatic nitrogens is 3. The fourth-order valence-electron chi connectivity index (χ4n) is 1.51. The molecule has 6 heteroatoms. The van der Waals surface area contributed by atoms with Crippen molar-refractivity contribution in [1.29, 1.82) is 0 Å². The van der Waals surface area contributed by atoms with Crippen molar-refractivity contribution in [3.63, 3.8) is 0 Å². The third-order valence-electron chi connectivity index (χ3n) is 2.41. The van der Waals surface area contributed by atoms with Gasteiger partial charge in [0.1, 0.15) is 12.2 Å². The monoisotopic (exact) mass is 240 g/mol. The summed E-state index contributed by atoms with van der Waals surface area (Å²) in [5.41, 5.74) is 0. The van der Waals surface area contributed by atoms with Gasteiger partial charge in [-0.3, -0.25) is 9.69 Å². The molecular formula is C11H20N4O2. The maximum absolute atomic E-state index is 11.2. The lowest BCUT2D eigenvalue weighted by Crippen LogP contribution is -2.24. The number of hydrogen-bond acceptors (Lipinski definition) is 5. The molecule has 1 rings (SSSR count). The molecule has 0 aliphatic heterocycles. The first kappa shape index (κ1) is 13.6. The molecule has 0 aliphatic rings. The van der Waals surface area contributed by atoms with Crippen molar-refractivity contribution in [2.45, 2.75) is 33.4 Å². The molecule has 0 fully saturated rings. The second-order valence-electron chi connectivity index (χ2n) is 3.78. The molecule has 17 heavy (non-hydrogen) atoms. The highest BCUT2D eigenvalue weighted by molar-refractivity contribution is 5.69. The summed E-state index contributed by atoms with van der Waals surface area (Å²) < 4.78 is 6.72. The molecule has 0 unspecified atom stereocenters. The SMILES string of the molecule is CCOC(=O)CCN(C)Cc1ncnn1CC. The molecule has 1 heterocycles. The minimum atomic E-state index is -0.156. The first-order valence-corrected chi connectivity index (χ1v) is 5.88. The van der Waals surface area contributed by atoms with Gasteiger partial charge in [0.2, 0.25) is 0 Å². The minimum Gasteiger partial charge on any atom is -0.466 e. The molecule has 0 aromatic carbocycles. The number of esters is 1. The van der Waals surface area contributed by atoms with E-state index in [-0.39, 0.29) is 5.97 Å². The Kier molecular flexibility index (Phi) is 5.62. The molecule has 96 valence electrons. The largest absolute Gasteiger partial charge is 0.466 e. The van der Waals surface area contributed by atoms with E-state index in [2.05, 4.69) is 10.1 Å². The lowest BCUT2D eigenvalue weighted by molar-refractivity contribution is -0.143. The second kappa shape index (κ2) is 7.01. The zero-order chi connectivity index (χ0) is 12.7. The predicted molar refractivity (Wildman–Crippen MR) is 63.3 cm³/mol. The first-order chi connectivity index (χ1) is 8.17. The van der Waals surface area contributed by atoms with Crippen LogP contribution in [-0.4, -0.2) is 45.8 Å². The van der Waals surface area contributed by atoms with Crippen LogP contribution in [0.2, 0.25) is 0 Å². The summed E-state index contributed by atoms with van der Waals surface area (Å²) in [4.78, 5) is 17.4. The molecule has 0 saturated heterocycles. The summed E-state index contributed by atoms with van der Waals surface area (Å²) >= 11 is 0. The first-order valence-electron chi connectivity index (χ1n) is 5.88. The highest BCUT2D eigenvalue weighted by atomic mass is 16.5. The summed E-state index contributed by atoms with van der Waals surface area (Å²) in [7, 11) is 1.95. The fourth-order valence-corrected chi connectivity index (χ4v) is 1.51. The number of ether oxygens (including phenoxy) is 1. The van der Waals surface area contributed by atoms with E-state index in [0.29, 0.717) is 26.1 Å². The molecule has 0 spiro atoms. The van der Waals surface area contributed by atoms with Crippen molar-refractivity contribution in [3.05, 3.63) is 12.2 Å². The molecule has 0 radical (unpaired) electrons. The minimum absolute atomic E-state index is 0.156. The van der Waals surface area contributed by atoms with Crippen LogP contribution >= 0.6 is 0 Å². The van der Waals surface area contributed by atoms with Gasteiger partial charge in [-0.2, -0.15) is 5.10 Å². The lowest BCUT2D eigenvalue weighted by atomic mass is 10.4. The smallest absolute Gasteiger partial charge is 0.307 e. The summed E-state index contributed by atoms with van der Waals surface area (Å²) in [6.07, 6.45) is 1.96. The molecule has 0 aliphatic carbocycles. The van der Waals surface area contributed by atoms with Crippen molar-refractivity contribution in [1.82, 2.24) is 19.7 Å². The zero-order valence-electron chi connectivity index (χ0n) is 10.7. The van der Waals surface area contributed by atoms with Crippen molar-refractivity contribution in [2.75, 3.05) is 20.2 Å². The van der Waals surface area contributed by atoms with Crippen molar-refractivity contribution in [2.24, 2.45) is 0 Å². The summed E-state index contributed by atoms with van der Waals surface area (Å²) in [6, 6.07) is 0. The maximum atomic E-state index is 11.2. The Hall–Kier alpha value is -1.43. The summed E-state index contributed by atoms with van der Waals surface area (Å²) in [5.74, 6) is 0.759. The van der Waals surface area contributed by atoms with Crippen molar-refractivity contribution < 1.29 is 9.53 Å². The lowest BCUT2D eigenvalue weighted by Gasteiger charge is -2.15. The fraction of sp³-hybridized carbons (Fsp3) is 0.727. The Bertz CT molecular complexity index is 351. The maximum Gasteiger partial charge on any atom is 0.307 e. The van der Waals surface area contributed by atoms with Crippen LogP contribution in [0.25, 0.3) is 0 Å². The third-order valence-corrected chi connectivity index (χ3v) is 2.41. The van der Waals surface area contributed by atoms with Gasteiger partial charge in [-0.25, -0.2) is 9.67 Å². The van der Waals surface area contributed by atoms with Crippen LogP contribution in [0, 0.1) is 0 Å².